The first kappa shape index (κ1) is 10.1. The molecule has 1 rings (SSSR count). The van der Waals surface area contributed by atoms with Crippen LogP contribution in [0.5, 0.6) is 0 Å². The molecule has 4 heteroatoms. The molecule has 0 radical (unpaired) electrons. The van der Waals surface area contributed by atoms with Crippen molar-refractivity contribution in [1.82, 2.24) is 0 Å². The SMILES string of the molecule is CC1(N)CCC(F)(F)C1.Cl. The summed E-state index contributed by atoms with van der Waals surface area (Å²) >= 11 is 0. The van der Waals surface area contributed by atoms with E-state index in [2.05, 4.69) is 0 Å². The van der Waals surface area contributed by atoms with Crippen molar-refractivity contribution in [3.05, 3.63) is 0 Å². The highest BCUT2D eigenvalue weighted by molar-refractivity contribution is 5.85. The molecule has 10 heavy (non-hydrogen) atoms. The van der Waals surface area contributed by atoms with Crippen LogP contribution in [0.25, 0.3) is 0 Å². The number of rotatable bonds is 0. The van der Waals surface area contributed by atoms with Gasteiger partial charge in [-0.2, -0.15) is 0 Å². The maximum Gasteiger partial charge on any atom is 0.250 e. The monoisotopic (exact) mass is 171 g/mol. The van der Waals surface area contributed by atoms with E-state index >= 15 is 0 Å². The van der Waals surface area contributed by atoms with E-state index in [1.165, 1.54) is 0 Å². The van der Waals surface area contributed by atoms with Gasteiger partial charge in [0.1, 0.15) is 0 Å². The highest BCUT2D eigenvalue weighted by atomic mass is 35.5. The Bertz CT molecular complexity index is 111. The van der Waals surface area contributed by atoms with Gasteiger partial charge in [-0.1, -0.05) is 0 Å². The smallest absolute Gasteiger partial charge is 0.250 e. The first-order chi connectivity index (χ1) is 3.91. The fourth-order valence-electron chi connectivity index (χ4n) is 1.24. The summed E-state index contributed by atoms with van der Waals surface area (Å²) in [4.78, 5) is 0. The van der Waals surface area contributed by atoms with Gasteiger partial charge in [0, 0.05) is 18.4 Å². The highest BCUT2D eigenvalue weighted by Crippen LogP contribution is 2.39. The molecule has 1 aliphatic rings. The van der Waals surface area contributed by atoms with Crippen LogP contribution in [0.15, 0.2) is 0 Å². The van der Waals surface area contributed by atoms with Crippen molar-refractivity contribution in [2.24, 2.45) is 5.73 Å². The molecule has 1 fully saturated rings. The zero-order valence-corrected chi connectivity index (χ0v) is 6.68. The van der Waals surface area contributed by atoms with Gasteiger partial charge in [0.05, 0.1) is 0 Å². The number of alkyl halides is 2. The summed E-state index contributed by atoms with van der Waals surface area (Å²) in [5.74, 6) is -2.50. The van der Waals surface area contributed by atoms with E-state index in [4.69, 9.17) is 5.73 Å². The minimum Gasteiger partial charge on any atom is -0.325 e. The van der Waals surface area contributed by atoms with Crippen molar-refractivity contribution in [2.75, 3.05) is 0 Å². The van der Waals surface area contributed by atoms with Crippen LogP contribution in [0.3, 0.4) is 0 Å². The second-order valence-corrected chi connectivity index (χ2v) is 3.19. The topological polar surface area (TPSA) is 26.0 Å². The minimum atomic E-state index is -2.50. The third-order valence-electron chi connectivity index (χ3n) is 1.72. The van der Waals surface area contributed by atoms with Crippen molar-refractivity contribution >= 4 is 12.4 Å². The van der Waals surface area contributed by atoms with Gasteiger partial charge in [0.25, 0.3) is 0 Å². The Morgan fingerprint density at radius 1 is 1.30 bits per heavy atom. The standard InChI is InChI=1S/C6H11F2N.ClH/c1-5(9)2-3-6(7,8)4-5;/h2-4,9H2,1H3;1H. The Kier molecular flexibility index (Phi) is 2.65. The van der Waals surface area contributed by atoms with Crippen molar-refractivity contribution < 1.29 is 8.78 Å². The number of hydrogen-bond acceptors (Lipinski definition) is 1. The molecule has 0 aliphatic heterocycles. The Hall–Kier alpha value is 0.110. The molecule has 0 amide bonds. The van der Waals surface area contributed by atoms with Gasteiger partial charge in [0.15, 0.2) is 0 Å². The molecule has 0 aromatic heterocycles. The predicted octanol–water partition coefficient (Wildman–Crippen LogP) is 1.94. The lowest BCUT2D eigenvalue weighted by molar-refractivity contribution is 0.00414. The summed E-state index contributed by atoms with van der Waals surface area (Å²) in [7, 11) is 0. The van der Waals surface area contributed by atoms with Gasteiger partial charge in [-0.15, -0.1) is 12.4 Å². The van der Waals surface area contributed by atoms with Gasteiger partial charge >= 0.3 is 0 Å². The molecule has 0 bridgehead atoms. The summed E-state index contributed by atoms with van der Waals surface area (Å²) in [5.41, 5.74) is 4.85. The predicted molar refractivity (Wildman–Crippen MR) is 38.6 cm³/mol. The Labute approximate surface area is 65.4 Å². The van der Waals surface area contributed by atoms with Crippen molar-refractivity contribution in [2.45, 2.75) is 37.6 Å². The summed E-state index contributed by atoms with van der Waals surface area (Å²) in [6.45, 7) is 1.67. The molecule has 1 atom stereocenters. The third-order valence-corrected chi connectivity index (χ3v) is 1.72. The van der Waals surface area contributed by atoms with Crippen LogP contribution in [-0.4, -0.2) is 11.5 Å². The van der Waals surface area contributed by atoms with Gasteiger partial charge < -0.3 is 5.73 Å². The molecule has 1 nitrogen and oxygen atoms in total. The molecule has 0 spiro atoms. The van der Waals surface area contributed by atoms with E-state index in [0.717, 1.165) is 0 Å². The van der Waals surface area contributed by atoms with E-state index in [0.29, 0.717) is 6.42 Å². The van der Waals surface area contributed by atoms with Crippen LogP contribution in [0.1, 0.15) is 26.2 Å². The molecule has 1 saturated carbocycles. The maximum atomic E-state index is 12.4. The first-order valence-corrected chi connectivity index (χ1v) is 3.08. The van der Waals surface area contributed by atoms with E-state index < -0.39 is 11.5 Å². The van der Waals surface area contributed by atoms with Crippen LogP contribution in [0.4, 0.5) is 8.78 Å². The lowest BCUT2D eigenvalue weighted by Gasteiger charge is -2.16. The summed E-state index contributed by atoms with van der Waals surface area (Å²) in [6.07, 6.45) is 0.250. The molecule has 1 unspecified atom stereocenters. The number of halogens is 3. The summed E-state index contributed by atoms with van der Waals surface area (Å²) < 4.78 is 24.7. The quantitative estimate of drug-likeness (QED) is 0.593. The molecular weight excluding hydrogens is 160 g/mol. The van der Waals surface area contributed by atoms with Crippen LogP contribution < -0.4 is 5.73 Å². The van der Waals surface area contributed by atoms with Crippen LogP contribution in [0, 0.1) is 0 Å². The molecular formula is C6H12ClF2N. The molecule has 0 heterocycles. The van der Waals surface area contributed by atoms with Gasteiger partial charge in [-0.25, -0.2) is 8.78 Å². The fraction of sp³-hybridized carbons (Fsp3) is 1.00. The van der Waals surface area contributed by atoms with E-state index in [9.17, 15) is 8.78 Å². The van der Waals surface area contributed by atoms with Crippen molar-refractivity contribution in [3.8, 4) is 0 Å². The van der Waals surface area contributed by atoms with E-state index in [-0.39, 0.29) is 25.2 Å². The normalized spacial score (nSPS) is 37.2. The van der Waals surface area contributed by atoms with E-state index in [1.807, 2.05) is 0 Å². The van der Waals surface area contributed by atoms with Gasteiger partial charge in [0.2, 0.25) is 5.92 Å². The van der Waals surface area contributed by atoms with Gasteiger partial charge in [-0.3, -0.25) is 0 Å². The number of hydrogen-bond donors (Lipinski definition) is 1. The van der Waals surface area contributed by atoms with E-state index in [1.54, 1.807) is 6.92 Å². The second-order valence-electron chi connectivity index (χ2n) is 3.19. The minimum absolute atomic E-state index is 0. The Balaban J connectivity index is 0.000000810. The van der Waals surface area contributed by atoms with Crippen molar-refractivity contribution in [1.29, 1.82) is 0 Å². The summed E-state index contributed by atoms with van der Waals surface area (Å²) in [5, 5.41) is 0. The molecule has 0 saturated heterocycles. The fourth-order valence-corrected chi connectivity index (χ4v) is 1.24. The Morgan fingerprint density at radius 2 is 1.80 bits per heavy atom. The molecule has 0 aromatic rings. The summed E-state index contributed by atoms with van der Waals surface area (Å²) in [6, 6.07) is 0. The average Bonchev–Trinajstić information content (AvgIpc) is 1.78. The highest BCUT2D eigenvalue weighted by Gasteiger charge is 2.44. The molecule has 0 aromatic carbocycles. The zero-order chi connectivity index (χ0) is 7.12. The van der Waals surface area contributed by atoms with Gasteiger partial charge in [-0.05, 0) is 13.3 Å². The zero-order valence-electron chi connectivity index (χ0n) is 5.86. The average molecular weight is 172 g/mol. The van der Waals surface area contributed by atoms with Crippen LogP contribution in [0.2, 0.25) is 0 Å². The molecule has 62 valence electrons. The lowest BCUT2D eigenvalue weighted by atomic mass is 10.0. The lowest BCUT2D eigenvalue weighted by Crippen LogP contribution is -2.33. The van der Waals surface area contributed by atoms with Crippen molar-refractivity contribution in [3.63, 3.8) is 0 Å². The van der Waals surface area contributed by atoms with Crippen LogP contribution in [-0.2, 0) is 0 Å². The largest absolute Gasteiger partial charge is 0.325 e. The van der Waals surface area contributed by atoms with Crippen LogP contribution >= 0.6 is 12.4 Å². The third kappa shape index (κ3) is 2.39. The number of nitrogens with two attached hydrogens (primary N) is 1. The maximum absolute atomic E-state index is 12.4. The first-order valence-electron chi connectivity index (χ1n) is 3.08. The Morgan fingerprint density at radius 3 is 1.90 bits per heavy atom. The molecule has 2 N–H and O–H groups in total. The molecule has 1 aliphatic carbocycles. The second kappa shape index (κ2) is 2.62.